The van der Waals surface area contributed by atoms with Crippen LogP contribution in [0.4, 0.5) is 0 Å². The molecule has 5 heteroatoms. The quantitative estimate of drug-likeness (QED) is 0.343. The molecule has 0 aliphatic carbocycles. The molecule has 108 valence electrons. The summed E-state index contributed by atoms with van der Waals surface area (Å²) in [5.74, 6) is -0.684. The summed E-state index contributed by atoms with van der Waals surface area (Å²) in [5.41, 5.74) is 0.0831. The van der Waals surface area contributed by atoms with Crippen molar-refractivity contribution in [2.24, 2.45) is 0 Å². The zero-order valence-corrected chi connectivity index (χ0v) is 14.1. The maximum Gasteiger partial charge on any atom is 0.339 e. The Morgan fingerprint density at radius 1 is 1.25 bits per heavy atom. The zero-order valence-electron chi connectivity index (χ0n) is 12.0. The monoisotopic (exact) mass is 388 g/mol. The molecule has 0 radical (unpaired) electrons. The van der Waals surface area contributed by atoms with Gasteiger partial charge in [0.2, 0.25) is 0 Å². The average Bonchev–Trinajstić information content (AvgIpc) is 2.29. The van der Waals surface area contributed by atoms with Gasteiger partial charge in [-0.15, -0.1) is 0 Å². The summed E-state index contributed by atoms with van der Waals surface area (Å²) >= 11 is 2.03. The molecule has 0 N–H and O–H groups in total. The molecule has 0 amide bonds. The lowest BCUT2D eigenvalue weighted by atomic mass is 10.1. The van der Waals surface area contributed by atoms with Gasteiger partial charge in [0.15, 0.2) is 0 Å². The molecule has 0 aliphatic heterocycles. The van der Waals surface area contributed by atoms with E-state index in [-0.39, 0.29) is 0 Å². The van der Waals surface area contributed by atoms with E-state index in [2.05, 4.69) is 6.58 Å². The van der Waals surface area contributed by atoms with Crippen molar-refractivity contribution in [3.8, 4) is 5.75 Å². The summed E-state index contributed by atoms with van der Waals surface area (Å²) in [5, 5.41) is 0. The first kappa shape index (κ1) is 16.7. The second kappa shape index (κ2) is 6.39. The number of carbonyl (C=O) groups excluding carboxylic acids is 2. The standard InChI is InChI=1S/C15H17IO4/c1-9(2)13(17)19-10-6-7-12(16)11(8-10)14(18)20-15(3,4)5/h6-8H,1H2,2-5H3. The summed E-state index contributed by atoms with van der Waals surface area (Å²) in [6.45, 7) is 10.4. The molecule has 0 atom stereocenters. The minimum absolute atomic E-state index is 0.291. The van der Waals surface area contributed by atoms with E-state index in [4.69, 9.17) is 9.47 Å². The van der Waals surface area contributed by atoms with E-state index in [0.717, 1.165) is 3.57 Å². The van der Waals surface area contributed by atoms with E-state index >= 15 is 0 Å². The molecular formula is C15H17IO4. The van der Waals surface area contributed by atoms with Gasteiger partial charge in [-0.2, -0.15) is 0 Å². The third-order valence-corrected chi connectivity index (χ3v) is 3.06. The molecule has 1 aromatic rings. The molecular weight excluding hydrogens is 371 g/mol. The van der Waals surface area contributed by atoms with Crippen LogP contribution in [0.3, 0.4) is 0 Å². The largest absolute Gasteiger partial charge is 0.456 e. The van der Waals surface area contributed by atoms with Crippen molar-refractivity contribution in [1.82, 2.24) is 0 Å². The topological polar surface area (TPSA) is 52.6 Å². The fraction of sp³-hybridized carbons (Fsp3) is 0.333. The minimum atomic E-state index is -0.579. The van der Waals surface area contributed by atoms with Gasteiger partial charge in [-0.05, 0) is 68.5 Å². The molecule has 0 aliphatic rings. The molecule has 0 heterocycles. The minimum Gasteiger partial charge on any atom is -0.456 e. The Morgan fingerprint density at radius 3 is 2.35 bits per heavy atom. The van der Waals surface area contributed by atoms with Crippen molar-refractivity contribution in [3.05, 3.63) is 39.5 Å². The number of carbonyl (C=O) groups is 2. The Hall–Kier alpha value is -1.37. The lowest BCUT2D eigenvalue weighted by molar-refractivity contribution is -0.130. The van der Waals surface area contributed by atoms with E-state index in [9.17, 15) is 9.59 Å². The second-order valence-electron chi connectivity index (χ2n) is 5.31. The summed E-state index contributed by atoms with van der Waals surface area (Å²) in [6.07, 6.45) is 0. The molecule has 0 saturated carbocycles. The van der Waals surface area contributed by atoms with Crippen molar-refractivity contribution in [1.29, 1.82) is 0 Å². The molecule has 0 fully saturated rings. The van der Waals surface area contributed by atoms with Crippen molar-refractivity contribution in [2.45, 2.75) is 33.3 Å². The molecule has 0 unspecified atom stereocenters. The average molecular weight is 388 g/mol. The highest BCUT2D eigenvalue weighted by molar-refractivity contribution is 14.1. The Balaban J connectivity index is 3.00. The molecule has 1 rings (SSSR count). The van der Waals surface area contributed by atoms with Crippen LogP contribution in [-0.4, -0.2) is 17.5 Å². The Kier molecular flexibility index (Phi) is 5.33. The molecule has 0 aromatic heterocycles. The van der Waals surface area contributed by atoms with Crippen LogP contribution in [-0.2, 0) is 9.53 Å². The fourth-order valence-corrected chi connectivity index (χ4v) is 1.81. The molecule has 20 heavy (non-hydrogen) atoms. The van der Waals surface area contributed by atoms with Crippen LogP contribution in [0.25, 0.3) is 0 Å². The summed E-state index contributed by atoms with van der Waals surface area (Å²) < 4.78 is 11.1. The van der Waals surface area contributed by atoms with Crippen LogP contribution < -0.4 is 4.74 Å². The van der Waals surface area contributed by atoms with E-state index in [0.29, 0.717) is 16.9 Å². The van der Waals surface area contributed by atoms with Gasteiger partial charge in [0, 0.05) is 9.14 Å². The maximum absolute atomic E-state index is 12.1. The predicted molar refractivity (Wildman–Crippen MR) is 84.8 cm³/mol. The molecule has 0 saturated heterocycles. The van der Waals surface area contributed by atoms with Crippen molar-refractivity contribution >= 4 is 34.5 Å². The number of benzene rings is 1. The number of hydrogen-bond acceptors (Lipinski definition) is 4. The van der Waals surface area contributed by atoms with Gasteiger partial charge in [0.25, 0.3) is 0 Å². The number of hydrogen-bond donors (Lipinski definition) is 0. The summed E-state index contributed by atoms with van der Waals surface area (Å²) in [4.78, 5) is 23.5. The number of ether oxygens (including phenoxy) is 2. The Labute approximate surface area is 132 Å². The summed E-state index contributed by atoms with van der Waals surface area (Å²) in [6, 6.07) is 4.81. The molecule has 1 aromatic carbocycles. The first-order valence-corrected chi connectivity index (χ1v) is 7.08. The second-order valence-corrected chi connectivity index (χ2v) is 6.48. The van der Waals surface area contributed by atoms with E-state index in [1.807, 2.05) is 22.6 Å². The summed E-state index contributed by atoms with van der Waals surface area (Å²) in [7, 11) is 0. The molecule has 4 nitrogen and oxygen atoms in total. The normalized spacial score (nSPS) is 10.8. The van der Waals surface area contributed by atoms with E-state index in [1.54, 1.807) is 39.8 Å². The highest BCUT2D eigenvalue weighted by Gasteiger charge is 2.20. The van der Waals surface area contributed by atoms with Crippen molar-refractivity contribution < 1.29 is 19.1 Å². The van der Waals surface area contributed by atoms with Gasteiger partial charge in [-0.3, -0.25) is 0 Å². The zero-order chi connectivity index (χ0) is 15.5. The van der Waals surface area contributed by atoms with E-state index < -0.39 is 17.5 Å². The highest BCUT2D eigenvalue weighted by Crippen LogP contribution is 2.23. The maximum atomic E-state index is 12.1. The highest BCUT2D eigenvalue weighted by atomic mass is 127. The smallest absolute Gasteiger partial charge is 0.339 e. The van der Waals surface area contributed by atoms with Gasteiger partial charge in [0.05, 0.1) is 5.56 Å². The first-order valence-electron chi connectivity index (χ1n) is 6.01. The van der Waals surface area contributed by atoms with Crippen LogP contribution >= 0.6 is 22.6 Å². The van der Waals surface area contributed by atoms with Gasteiger partial charge in [-0.25, -0.2) is 9.59 Å². The van der Waals surface area contributed by atoms with Crippen LogP contribution in [0.5, 0.6) is 5.75 Å². The van der Waals surface area contributed by atoms with Gasteiger partial charge in [0.1, 0.15) is 11.4 Å². The number of halogens is 1. The Bertz CT molecular complexity index is 555. The first-order chi connectivity index (χ1) is 9.10. The SMILES string of the molecule is C=C(C)C(=O)Oc1ccc(I)c(C(=O)OC(C)(C)C)c1. The van der Waals surface area contributed by atoms with Crippen LogP contribution in [0.1, 0.15) is 38.1 Å². The Morgan fingerprint density at radius 2 is 1.85 bits per heavy atom. The van der Waals surface area contributed by atoms with Crippen LogP contribution in [0.2, 0.25) is 0 Å². The fourth-order valence-electron chi connectivity index (χ4n) is 1.25. The predicted octanol–water partition coefficient (Wildman–Crippen LogP) is 3.73. The van der Waals surface area contributed by atoms with Crippen LogP contribution in [0, 0.1) is 3.57 Å². The number of rotatable bonds is 3. The van der Waals surface area contributed by atoms with Crippen LogP contribution in [0.15, 0.2) is 30.4 Å². The van der Waals surface area contributed by atoms with Crippen molar-refractivity contribution in [3.63, 3.8) is 0 Å². The van der Waals surface area contributed by atoms with Gasteiger partial charge in [-0.1, -0.05) is 6.58 Å². The van der Waals surface area contributed by atoms with Gasteiger partial charge < -0.3 is 9.47 Å². The number of esters is 2. The molecule has 0 spiro atoms. The van der Waals surface area contributed by atoms with Gasteiger partial charge >= 0.3 is 11.9 Å². The lowest BCUT2D eigenvalue weighted by Gasteiger charge is -2.20. The van der Waals surface area contributed by atoms with Crippen molar-refractivity contribution in [2.75, 3.05) is 0 Å². The third kappa shape index (κ3) is 4.96. The lowest BCUT2D eigenvalue weighted by Crippen LogP contribution is -2.24. The third-order valence-electron chi connectivity index (χ3n) is 2.12. The van der Waals surface area contributed by atoms with E-state index in [1.165, 1.54) is 6.07 Å². The molecule has 0 bridgehead atoms.